The smallest absolute Gasteiger partial charge is 0.164 e. The number of benzene rings is 1. The molecule has 74 valence electrons. The molecule has 1 aromatic rings. The van der Waals surface area contributed by atoms with Crippen molar-refractivity contribution in [2.45, 2.75) is 11.8 Å². The summed E-state index contributed by atoms with van der Waals surface area (Å²) in [4.78, 5) is 11.2. The van der Waals surface area contributed by atoms with E-state index in [4.69, 9.17) is 0 Å². The van der Waals surface area contributed by atoms with E-state index in [1.807, 2.05) is 30.3 Å². The SMILES string of the molecule is CC(=O)C1(c2ccccc2)NCCS1. The van der Waals surface area contributed by atoms with Crippen LogP contribution in [0, 0.1) is 0 Å². The predicted octanol–water partition coefficient (Wildman–Crippen LogP) is 1.76. The summed E-state index contributed by atoms with van der Waals surface area (Å²) >= 11 is 1.69. The quantitative estimate of drug-likeness (QED) is 0.801. The van der Waals surface area contributed by atoms with Gasteiger partial charge < -0.3 is 0 Å². The number of hydrogen-bond donors (Lipinski definition) is 1. The lowest BCUT2D eigenvalue weighted by Crippen LogP contribution is -2.40. The van der Waals surface area contributed by atoms with Crippen molar-refractivity contribution in [1.82, 2.24) is 5.32 Å². The maximum Gasteiger partial charge on any atom is 0.164 e. The van der Waals surface area contributed by atoms with E-state index in [9.17, 15) is 4.79 Å². The maximum absolute atomic E-state index is 11.7. The van der Waals surface area contributed by atoms with Gasteiger partial charge in [0, 0.05) is 12.3 Å². The van der Waals surface area contributed by atoms with Gasteiger partial charge in [0.25, 0.3) is 0 Å². The number of rotatable bonds is 2. The van der Waals surface area contributed by atoms with Crippen molar-refractivity contribution >= 4 is 17.5 Å². The van der Waals surface area contributed by atoms with Crippen molar-refractivity contribution in [3.05, 3.63) is 35.9 Å². The molecule has 1 aromatic carbocycles. The van der Waals surface area contributed by atoms with E-state index in [0.717, 1.165) is 17.9 Å². The molecule has 1 aliphatic rings. The highest BCUT2D eigenvalue weighted by atomic mass is 32.2. The largest absolute Gasteiger partial charge is 0.297 e. The zero-order chi connectivity index (χ0) is 10.0. The molecule has 1 heterocycles. The van der Waals surface area contributed by atoms with E-state index in [2.05, 4.69) is 5.32 Å². The second-order valence-electron chi connectivity index (χ2n) is 3.38. The molecule has 2 rings (SSSR count). The molecule has 0 saturated carbocycles. The summed E-state index contributed by atoms with van der Waals surface area (Å²) in [6, 6.07) is 9.93. The van der Waals surface area contributed by atoms with Gasteiger partial charge in [0.1, 0.15) is 4.87 Å². The standard InChI is InChI=1S/C11H13NOS/c1-9(13)11(12-7-8-14-11)10-5-3-2-4-6-10/h2-6,12H,7-8H2,1H3. The third-order valence-electron chi connectivity index (χ3n) is 2.47. The Morgan fingerprint density at radius 3 is 2.64 bits per heavy atom. The monoisotopic (exact) mass is 207 g/mol. The van der Waals surface area contributed by atoms with E-state index in [0.29, 0.717) is 0 Å². The minimum atomic E-state index is -0.485. The molecule has 3 heteroatoms. The van der Waals surface area contributed by atoms with Crippen LogP contribution in [0.25, 0.3) is 0 Å². The van der Waals surface area contributed by atoms with Crippen molar-refractivity contribution in [2.75, 3.05) is 12.3 Å². The maximum atomic E-state index is 11.7. The van der Waals surface area contributed by atoms with Crippen LogP contribution in [0.15, 0.2) is 30.3 Å². The normalized spacial score (nSPS) is 26.4. The highest BCUT2D eigenvalue weighted by Gasteiger charge is 2.40. The molecule has 1 N–H and O–H groups in total. The topological polar surface area (TPSA) is 29.1 Å². The number of carbonyl (C=O) groups excluding carboxylic acids is 1. The molecule has 0 aromatic heterocycles. The molecule has 0 amide bonds. The van der Waals surface area contributed by atoms with Gasteiger partial charge in [-0.2, -0.15) is 0 Å². The second kappa shape index (κ2) is 3.75. The Kier molecular flexibility index (Phi) is 2.61. The van der Waals surface area contributed by atoms with Crippen molar-refractivity contribution < 1.29 is 4.79 Å². The zero-order valence-corrected chi connectivity index (χ0v) is 8.93. The average molecular weight is 207 g/mol. The molecule has 1 unspecified atom stereocenters. The van der Waals surface area contributed by atoms with E-state index in [1.54, 1.807) is 18.7 Å². The Bertz CT molecular complexity index is 330. The molecule has 0 aliphatic carbocycles. The molecule has 1 saturated heterocycles. The molecule has 1 atom stereocenters. The van der Waals surface area contributed by atoms with Crippen LogP contribution in [0.2, 0.25) is 0 Å². The summed E-state index contributed by atoms with van der Waals surface area (Å²) in [6.07, 6.45) is 0. The molecule has 0 spiro atoms. The number of nitrogens with one attached hydrogen (secondary N) is 1. The van der Waals surface area contributed by atoms with Crippen LogP contribution in [-0.4, -0.2) is 18.1 Å². The van der Waals surface area contributed by atoms with Crippen LogP contribution in [0.5, 0.6) is 0 Å². The number of Topliss-reactive ketones (excluding diaryl/α,β-unsaturated/α-hetero) is 1. The second-order valence-corrected chi connectivity index (χ2v) is 4.69. The minimum Gasteiger partial charge on any atom is -0.297 e. The summed E-state index contributed by atoms with van der Waals surface area (Å²) in [7, 11) is 0. The van der Waals surface area contributed by atoms with E-state index in [1.165, 1.54) is 0 Å². The van der Waals surface area contributed by atoms with Gasteiger partial charge in [0.2, 0.25) is 0 Å². The number of thioether (sulfide) groups is 1. The zero-order valence-electron chi connectivity index (χ0n) is 8.12. The van der Waals surface area contributed by atoms with Gasteiger partial charge >= 0.3 is 0 Å². The Hall–Kier alpha value is -0.800. The lowest BCUT2D eigenvalue weighted by atomic mass is 10.0. The first-order valence-corrected chi connectivity index (χ1v) is 5.70. The lowest BCUT2D eigenvalue weighted by molar-refractivity contribution is -0.120. The van der Waals surface area contributed by atoms with Crippen molar-refractivity contribution in [3.63, 3.8) is 0 Å². The third-order valence-corrected chi connectivity index (χ3v) is 3.98. The molecule has 1 aliphatic heterocycles. The Morgan fingerprint density at radius 1 is 1.43 bits per heavy atom. The molecular formula is C11H13NOS. The molecule has 1 fully saturated rings. The third kappa shape index (κ3) is 1.47. The fourth-order valence-electron chi connectivity index (χ4n) is 1.77. The van der Waals surface area contributed by atoms with Crippen molar-refractivity contribution in [2.24, 2.45) is 0 Å². The van der Waals surface area contributed by atoms with Crippen molar-refractivity contribution in [1.29, 1.82) is 0 Å². The Morgan fingerprint density at radius 2 is 2.14 bits per heavy atom. The summed E-state index contributed by atoms with van der Waals surface area (Å²) in [5, 5.41) is 3.30. The first kappa shape index (κ1) is 9.74. The van der Waals surface area contributed by atoms with Gasteiger partial charge in [-0.3, -0.25) is 10.1 Å². The van der Waals surface area contributed by atoms with E-state index >= 15 is 0 Å². The van der Waals surface area contributed by atoms with Crippen LogP contribution in [0.3, 0.4) is 0 Å². The number of hydrogen-bond acceptors (Lipinski definition) is 3. The minimum absolute atomic E-state index is 0.186. The average Bonchev–Trinajstić information content (AvgIpc) is 2.69. The summed E-state index contributed by atoms with van der Waals surface area (Å²) in [5.41, 5.74) is 1.06. The number of ketones is 1. The van der Waals surface area contributed by atoms with Crippen LogP contribution < -0.4 is 5.32 Å². The number of carbonyl (C=O) groups is 1. The highest BCUT2D eigenvalue weighted by molar-refractivity contribution is 8.01. The summed E-state index contributed by atoms with van der Waals surface area (Å²) in [6.45, 7) is 2.55. The fourth-order valence-corrected chi connectivity index (χ4v) is 2.99. The van der Waals surface area contributed by atoms with Gasteiger partial charge in [-0.25, -0.2) is 0 Å². The molecule has 14 heavy (non-hydrogen) atoms. The first-order chi connectivity index (χ1) is 6.76. The van der Waals surface area contributed by atoms with Crippen LogP contribution in [0.1, 0.15) is 12.5 Å². The molecule has 2 nitrogen and oxygen atoms in total. The lowest BCUT2D eigenvalue weighted by Gasteiger charge is -2.25. The molecule has 0 bridgehead atoms. The Balaban J connectivity index is 2.42. The van der Waals surface area contributed by atoms with Crippen LogP contribution in [0.4, 0.5) is 0 Å². The molecule has 0 radical (unpaired) electrons. The predicted molar refractivity (Wildman–Crippen MR) is 59.3 cm³/mol. The van der Waals surface area contributed by atoms with Gasteiger partial charge in [0.15, 0.2) is 5.78 Å². The van der Waals surface area contributed by atoms with E-state index < -0.39 is 4.87 Å². The Labute approximate surface area is 88.1 Å². The summed E-state index contributed by atoms with van der Waals surface area (Å²) in [5.74, 6) is 1.18. The van der Waals surface area contributed by atoms with Gasteiger partial charge in [-0.15, -0.1) is 11.8 Å². The van der Waals surface area contributed by atoms with Gasteiger partial charge in [-0.1, -0.05) is 30.3 Å². The van der Waals surface area contributed by atoms with Crippen LogP contribution in [-0.2, 0) is 9.67 Å². The summed E-state index contributed by atoms with van der Waals surface area (Å²) < 4.78 is 0. The van der Waals surface area contributed by atoms with Gasteiger partial charge in [-0.05, 0) is 12.5 Å². The first-order valence-electron chi connectivity index (χ1n) is 4.71. The van der Waals surface area contributed by atoms with Crippen LogP contribution >= 0.6 is 11.8 Å². The van der Waals surface area contributed by atoms with Crippen molar-refractivity contribution in [3.8, 4) is 0 Å². The molecular weight excluding hydrogens is 194 g/mol. The highest BCUT2D eigenvalue weighted by Crippen LogP contribution is 2.38. The van der Waals surface area contributed by atoms with Gasteiger partial charge in [0.05, 0.1) is 0 Å². The fraction of sp³-hybridized carbons (Fsp3) is 0.364. The van der Waals surface area contributed by atoms with E-state index in [-0.39, 0.29) is 5.78 Å².